The van der Waals surface area contributed by atoms with Gasteiger partial charge >= 0.3 is 0 Å². The summed E-state index contributed by atoms with van der Waals surface area (Å²) in [5.74, 6) is 1.25. The number of ether oxygens (including phenoxy) is 2. The summed E-state index contributed by atoms with van der Waals surface area (Å²) in [5.41, 5.74) is 0. The van der Waals surface area contributed by atoms with Crippen LogP contribution in [0.2, 0.25) is 5.02 Å². The highest BCUT2D eigenvalue weighted by molar-refractivity contribution is 9.10. The molecule has 1 aromatic rings. The normalized spacial score (nSPS) is 9.85. The summed E-state index contributed by atoms with van der Waals surface area (Å²) in [6.45, 7) is 2.49. The van der Waals surface area contributed by atoms with Gasteiger partial charge in [0.15, 0.2) is 0 Å². The van der Waals surface area contributed by atoms with E-state index in [1.807, 2.05) is 13.0 Å². The van der Waals surface area contributed by atoms with E-state index in [9.17, 15) is 0 Å². The summed E-state index contributed by atoms with van der Waals surface area (Å²) < 4.78 is 11.3. The Balaban J connectivity index is 3.11. The molecule has 0 unspecified atom stereocenters. The van der Waals surface area contributed by atoms with Crippen molar-refractivity contribution in [3.8, 4) is 11.5 Å². The molecule has 0 aliphatic rings. The molecule has 0 aromatic heterocycles. The van der Waals surface area contributed by atoms with Crippen LogP contribution in [0.25, 0.3) is 0 Å². The number of halogens is 2. The van der Waals surface area contributed by atoms with E-state index in [0.29, 0.717) is 23.1 Å². The smallest absolute Gasteiger partial charge is 0.142 e. The van der Waals surface area contributed by atoms with E-state index in [1.54, 1.807) is 13.2 Å². The minimum Gasteiger partial charge on any atom is -0.495 e. The molecule has 0 amide bonds. The second-order valence-electron chi connectivity index (χ2n) is 2.35. The van der Waals surface area contributed by atoms with Gasteiger partial charge in [-0.1, -0.05) is 27.5 Å². The van der Waals surface area contributed by atoms with Crippen molar-refractivity contribution in [2.45, 2.75) is 6.92 Å². The average Bonchev–Trinajstić information content (AvgIpc) is 2.11. The van der Waals surface area contributed by atoms with Crippen LogP contribution in [-0.4, -0.2) is 13.7 Å². The van der Waals surface area contributed by atoms with Crippen LogP contribution in [0.4, 0.5) is 0 Å². The summed E-state index contributed by atoms with van der Waals surface area (Å²) in [5, 5.41) is 0.507. The Labute approximate surface area is 90.9 Å². The number of hydrogen-bond donors (Lipinski definition) is 0. The van der Waals surface area contributed by atoms with Crippen molar-refractivity contribution < 1.29 is 9.47 Å². The molecular weight excluding hydrogens is 255 g/mol. The highest BCUT2D eigenvalue weighted by Gasteiger charge is 2.09. The van der Waals surface area contributed by atoms with E-state index < -0.39 is 0 Å². The van der Waals surface area contributed by atoms with E-state index in [2.05, 4.69) is 15.9 Å². The molecule has 0 atom stereocenters. The van der Waals surface area contributed by atoms with Gasteiger partial charge in [-0.25, -0.2) is 0 Å². The second kappa shape index (κ2) is 4.72. The van der Waals surface area contributed by atoms with Crippen molar-refractivity contribution >= 4 is 27.5 Å². The third-order valence-corrected chi connectivity index (χ3v) is 2.32. The molecule has 0 fully saturated rings. The molecule has 0 N–H and O–H groups in total. The quantitative estimate of drug-likeness (QED) is 0.833. The van der Waals surface area contributed by atoms with Crippen LogP contribution in [0.5, 0.6) is 11.5 Å². The van der Waals surface area contributed by atoms with Crippen LogP contribution in [-0.2, 0) is 0 Å². The lowest BCUT2D eigenvalue weighted by Gasteiger charge is -2.09. The summed E-state index contributed by atoms with van der Waals surface area (Å²) >= 11 is 9.33. The third kappa shape index (κ3) is 2.51. The average molecular weight is 266 g/mol. The third-order valence-electron chi connectivity index (χ3n) is 1.49. The van der Waals surface area contributed by atoms with Gasteiger partial charge in [0, 0.05) is 4.47 Å². The summed E-state index contributed by atoms with van der Waals surface area (Å²) in [6.07, 6.45) is 0. The molecule has 0 aliphatic heterocycles. The molecule has 1 aromatic carbocycles. The molecule has 2 nitrogen and oxygen atoms in total. The first kappa shape index (κ1) is 10.7. The first-order valence-electron chi connectivity index (χ1n) is 3.84. The zero-order valence-electron chi connectivity index (χ0n) is 7.43. The Hall–Kier alpha value is -0.410. The van der Waals surface area contributed by atoms with Gasteiger partial charge in [-0.15, -0.1) is 0 Å². The predicted octanol–water partition coefficient (Wildman–Crippen LogP) is 3.51. The number of rotatable bonds is 3. The number of benzene rings is 1. The number of methoxy groups -OCH3 is 1. The minimum absolute atomic E-state index is 0.507. The van der Waals surface area contributed by atoms with Crippen LogP contribution in [0.1, 0.15) is 6.92 Å². The molecule has 0 spiro atoms. The van der Waals surface area contributed by atoms with Crippen molar-refractivity contribution in [1.82, 2.24) is 0 Å². The lowest BCUT2D eigenvalue weighted by Crippen LogP contribution is -1.94. The van der Waals surface area contributed by atoms with Gasteiger partial charge in [-0.05, 0) is 19.1 Å². The fourth-order valence-electron chi connectivity index (χ4n) is 0.949. The maximum Gasteiger partial charge on any atom is 0.142 e. The molecule has 0 saturated carbocycles. The standard InChI is InChI=1S/C9H10BrClO2/c1-3-13-8-5-6(10)4-7(12-2)9(8)11/h4-5H,3H2,1-2H3. The molecule has 0 radical (unpaired) electrons. The predicted molar refractivity (Wildman–Crippen MR) is 56.9 cm³/mol. The van der Waals surface area contributed by atoms with Crippen LogP contribution in [0.15, 0.2) is 16.6 Å². The fraction of sp³-hybridized carbons (Fsp3) is 0.333. The Morgan fingerprint density at radius 2 is 2.00 bits per heavy atom. The molecule has 13 heavy (non-hydrogen) atoms. The van der Waals surface area contributed by atoms with Crippen molar-refractivity contribution in [1.29, 1.82) is 0 Å². The maximum atomic E-state index is 5.99. The van der Waals surface area contributed by atoms with Crippen molar-refractivity contribution in [3.05, 3.63) is 21.6 Å². The highest BCUT2D eigenvalue weighted by Crippen LogP contribution is 2.37. The van der Waals surface area contributed by atoms with E-state index in [4.69, 9.17) is 21.1 Å². The van der Waals surface area contributed by atoms with E-state index in [1.165, 1.54) is 0 Å². The lowest BCUT2D eigenvalue weighted by molar-refractivity contribution is 0.336. The zero-order chi connectivity index (χ0) is 9.84. The van der Waals surface area contributed by atoms with Crippen LogP contribution >= 0.6 is 27.5 Å². The highest BCUT2D eigenvalue weighted by atomic mass is 79.9. The Morgan fingerprint density at radius 1 is 1.38 bits per heavy atom. The van der Waals surface area contributed by atoms with Gasteiger partial charge in [-0.3, -0.25) is 0 Å². The summed E-state index contributed by atoms with van der Waals surface area (Å²) in [7, 11) is 1.57. The molecule has 72 valence electrons. The molecule has 0 bridgehead atoms. The van der Waals surface area contributed by atoms with Gasteiger partial charge in [-0.2, -0.15) is 0 Å². The van der Waals surface area contributed by atoms with E-state index in [0.717, 1.165) is 4.47 Å². The van der Waals surface area contributed by atoms with Gasteiger partial charge in [0.05, 0.1) is 13.7 Å². The SMILES string of the molecule is CCOc1cc(Br)cc(OC)c1Cl. The first-order valence-corrected chi connectivity index (χ1v) is 5.02. The zero-order valence-corrected chi connectivity index (χ0v) is 9.78. The van der Waals surface area contributed by atoms with Gasteiger partial charge in [0.1, 0.15) is 16.5 Å². The molecule has 0 heterocycles. The van der Waals surface area contributed by atoms with Gasteiger partial charge in [0.25, 0.3) is 0 Å². The largest absolute Gasteiger partial charge is 0.495 e. The summed E-state index contributed by atoms with van der Waals surface area (Å²) in [6, 6.07) is 3.61. The van der Waals surface area contributed by atoms with E-state index in [-0.39, 0.29) is 0 Å². The Bertz CT molecular complexity index is 302. The van der Waals surface area contributed by atoms with Crippen molar-refractivity contribution in [2.24, 2.45) is 0 Å². The lowest BCUT2D eigenvalue weighted by atomic mass is 10.3. The topological polar surface area (TPSA) is 18.5 Å². The fourth-order valence-corrected chi connectivity index (χ4v) is 1.61. The van der Waals surface area contributed by atoms with Gasteiger partial charge in [0.2, 0.25) is 0 Å². The number of hydrogen-bond acceptors (Lipinski definition) is 2. The monoisotopic (exact) mass is 264 g/mol. The maximum absolute atomic E-state index is 5.99. The summed E-state index contributed by atoms with van der Waals surface area (Å²) in [4.78, 5) is 0. The minimum atomic E-state index is 0.507. The van der Waals surface area contributed by atoms with Crippen molar-refractivity contribution in [3.63, 3.8) is 0 Å². The first-order chi connectivity index (χ1) is 6.19. The van der Waals surface area contributed by atoms with Crippen LogP contribution < -0.4 is 9.47 Å². The molecule has 0 saturated heterocycles. The molecule has 0 aliphatic carbocycles. The molecule has 1 rings (SSSR count). The van der Waals surface area contributed by atoms with Crippen LogP contribution in [0.3, 0.4) is 0 Å². The molecule has 4 heteroatoms. The van der Waals surface area contributed by atoms with Crippen molar-refractivity contribution in [2.75, 3.05) is 13.7 Å². The second-order valence-corrected chi connectivity index (χ2v) is 3.65. The Morgan fingerprint density at radius 3 is 2.54 bits per heavy atom. The van der Waals surface area contributed by atoms with E-state index >= 15 is 0 Å². The Kier molecular flexibility index (Phi) is 3.88. The van der Waals surface area contributed by atoms with Crippen LogP contribution in [0, 0.1) is 0 Å². The molecular formula is C9H10BrClO2. The van der Waals surface area contributed by atoms with Gasteiger partial charge < -0.3 is 9.47 Å².